The van der Waals surface area contributed by atoms with E-state index in [1.165, 1.54) is 0 Å². The maximum atomic E-state index is 12.8. The predicted molar refractivity (Wildman–Crippen MR) is 85.9 cm³/mol. The van der Waals surface area contributed by atoms with Gasteiger partial charge in [-0.25, -0.2) is 0 Å². The van der Waals surface area contributed by atoms with Crippen molar-refractivity contribution in [2.75, 3.05) is 13.6 Å². The molecule has 0 radical (unpaired) electrons. The van der Waals surface area contributed by atoms with Gasteiger partial charge in [0.1, 0.15) is 0 Å². The van der Waals surface area contributed by atoms with Crippen molar-refractivity contribution in [1.82, 2.24) is 20.0 Å². The van der Waals surface area contributed by atoms with Gasteiger partial charge in [-0.15, -0.1) is 0 Å². The SMILES string of the molecule is CNC(=O)C[C@@H]1CN(C(=O)c2cccc(C)c2)Cc2ccnn21. The molecule has 23 heavy (non-hydrogen) atoms. The molecular weight excluding hydrogens is 292 g/mol. The Labute approximate surface area is 135 Å². The minimum Gasteiger partial charge on any atom is -0.359 e. The van der Waals surface area contributed by atoms with E-state index in [1.54, 1.807) is 18.1 Å². The lowest BCUT2D eigenvalue weighted by Gasteiger charge is -2.33. The lowest BCUT2D eigenvalue weighted by atomic mass is 10.1. The van der Waals surface area contributed by atoms with Crippen LogP contribution >= 0.6 is 0 Å². The van der Waals surface area contributed by atoms with E-state index in [0.717, 1.165) is 11.3 Å². The van der Waals surface area contributed by atoms with Crippen LogP contribution < -0.4 is 5.32 Å². The van der Waals surface area contributed by atoms with Crippen molar-refractivity contribution in [3.8, 4) is 0 Å². The molecule has 120 valence electrons. The second-order valence-corrected chi connectivity index (χ2v) is 5.85. The highest BCUT2D eigenvalue weighted by atomic mass is 16.2. The molecule has 1 aromatic carbocycles. The molecule has 0 saturated heterocycles. The highest BCUT2D eigenvalue weighted by molar-refractivity contribution is 5.94. The van der Waals surface area contributed by atoms with Gasteiger partial charge in [-0.3, -0.25) is 14.3 Å². The van der Waals surface area contributed by atoms with Gasteiger partial charge in [0.15, 0.2) is 0 Å². The molecule has 0 spiro atoms. The largest absolute Gasteiger partial charge is 0.359 e. The van der Waals surface area contributed by atoms with Crippen LogP contribution in [0.4, 0.5) is 0 Å². The Morgan fingerprint density at radius 2 is 2.17 bits per heavy atom. The Kier molecular flexibility index (Phi) is 4.14. The Bertz CT molecular complexity index is 738. The summed E-state index contributed by atoms with van der Waals surface area (Å²) in [5.74, 6) is -0.0654. The number of aryl methyl sites for hydroxylation is 1. The molecule has 1 atom stereocenters. The van der Waals surface area contributed by atoms with E-state index in [4.69, 9.17) is 0 Å². The van der Waals surface area contributed by atoms with Gasteiger partial charge >= 0.3 is 0 Å². The Morgan fingerprint density at radius 3 is 2.91 bits per heavy atom. The van der Waals surface area contributed by atoms with Gasteiger partial charge < -0.3 is 10.2 Å². The molecule has 2 amide bonds. The molecule has 0 bridgehead atoms. The minimum absolute atomic E-state index is 0.0111. The van der Waals surface area contributed by atoms with Gasteiger partial charge in [0, 0.05) is 25.4 Å². The smallest absolute Gasteiger partial charge is 0.254 e. The van der Waals surface area contributed by atoms with Crippen LogP contribution in [0.25, 0.3) is 0 Å². The number of fused-ring (bicyclic) bond motifs is 1. The van der Waals surface area contributed by atoms with E-state index < -0.39 is 0 Å². The molecule has 2 aromatic rings. The van der Waals surface area contributed by atoms with E-state index in [0.29, 0.717) is 25.1 Å². The standard InChI is InChI=1S/C17H20N4O2/c1-12-4-3-5-13(8-12)17(23)20-10-14-6-7-19-21(14)15(11-20)9-16(22)18-2/h3-8,15H,9-11H2,1-2H3,(H,18,22)/t15-/m1/s1. The quantitative estimate of drug-likeness (QED) is 0.934. The molecule has 1 aliphatic rings. The molecule has 6 nitrogen and oxygen atoms in total. The molecule has 1 aromatic heterocycles. The first-order chi connectivity index (χ1) is 11.1. The van der Waals surface area contributed by atoms with Gasteiger partial charge in [0.2, 0.25) is 5.91 Å². The number of hydrogen-bond donors (Lipinski definition) is 1. The zero-order valence-corrected chi connectivity index (χ0v) is 13.3. The molecule has 2 heterocycles. The number of nitrogens with one attached hydrogen (secondary N) is 1. The topological polar surface area (TPSA) is 67.2 Å². The number of nitrogens with zero attached hydrogens (tertiary/aromatic N) is 3. The summed E-state index contributed by atoms with van der Waals surface area (Å²) < 4.78 is 1.86. The van der Waals surface area contributed by atoms with Gasteiger partial charge in [-0.1, -0.05) is 17.7 Å². The van der Waals surface area contributed by atoms with E-state index in [9.17, 15) is 9.59 Å². The number of carbonyl (C=O) groups is 2. The maximum Gasteiger partial charge on any atom is 0.254 e. The van der Waals surface area contributed by atoms with E-state index >= 15 is 0 Å². The Balaban J connectivity index is 1.85. The number of carbonyl (C=O) groups excluding carboxylic acids is 2. The number of amides is 2. The normalized spacial score (nSPS) is 16.8. The lowest BCUT2D eigenvalue weighted by molar-refractivity contribution is -0.121. The molecule has 3 rings (SSSR count). The summed E-state index contributed by atoms with van der Waals surface area (Å²) in [5.41, 5.74) is 2.68. The monoisotopic (exact) mass is 312 g/mol. The van der Waals surface area contributed by atoms with Crippen LogP contribution in [0.1, 0.15) is 34.1 Å². The lowest BCUT2D eigenvalue weighted by Crippen LogP contribution is -2.42. The maximum absolute atomic E-state index is 12.8. The molecule has 1 N–H and O–H groups in total. The average Bonchev–Trinajstić information content (AvgIpc) is 3.02. The third kappa shape index (κ3) is 3.11. The highest BCUT2D eigenvalue weighted by Gasteiger charge is 2.30. The van der Waals surface area contributed by atoms with Crippen LogP contribution in [-0.2, 0) is 11.3 Å². The minimum atomic E-state index is -0.137. The van der Waals surface area contributed by atoms with Crippen molar-refractivity contribution in [2.45, 2.75) is 25.9 Å². The fourth-order valence-electron chi connectivity index (χ4n) is 2.97. The van der Waals surface area contributed by atoms with Crippen molar-refractivity contribution in [3.05, 3.63) is 53.3 Å². The molecule has 6 heteroatoms. The summed E-state index contributed by atoms with van der Waals surface area (Å²) in [6.45, 7) is 2.96. The fraction of sp³-hybridized carbons (Fsp3) is 0.353. The molecule has 0 unspecified atom stereocenters. The summed E-state index contributed by atoms with van der Waals surface area (Å²) in [7, 11) is 1.62. The van der Waals surface area contributed by atoms with E-state index in [-0.39, 0.29) is 17.9 Å². The van der Waals surface area contributed by atoms with Crippen molar-refractivity contribution in [2.24, 2.45) is 0 Å². The number of rotatable bonds is 3. The van der Waals surface area contributed by atoms with Gasteiger partial charge in [0.05, 0.1) is 24.7 Å². The molecular formula is C17H20N4O2. The van der Waals surface area contributed by atoms with E-state index in [2.05, 4.69) is 10.4 Å². The van der Waals surface area contributed by atoms with Gasteiger partial charge in [-0.05, 0) is 25.1 Å². The average molecular weight is 312 g/mol. The summed E-state index contributed by atoms with van der Waals surface area (Å²) in [6, 6.07) is 9.33. The number of aromatic nitrogens is 2. The second kappa shape index (κ2) is 6.24. The Hall–Kier alpha value is -2.63. The molecule has 0 fully saturated rings. The Morgan fingerprint density at radius 1 is 1.35 bits per heavy atom. The van der Waals surface area contributed by atoms with Crippen molar-refractivity contribution in [3.63, 3.8) is 0 Å². The van der Waals surface area contributed by atoms with Crippen LogP contribution in [0.2, 0.25) is 0 Å². The first kappa shape index (κ1) is 15.3. The molecule has 0 saturated carbocycles. The number of benzene rings is 1. The fourth-order valence-corrected chi connectivity index (χ4v) is 2.97. The second-order valence-electron chi connectivity index (χ2n) is 5.85. The van der Waals surface area contributed by atoms with Crippen LogP contribution in [0.5, 0.6) is 0 Å². The van der Waals surface area contributed by atoms with Gasteiger partial charge in [0.25, 0.3) is 5.91 Å². The third-order valence-electron chi connectivity index (χ3n) is 4.13. The summed E-state index contributed by atoms with van der Waals surface area (Å²) in [4.78, 5) is 26.3. The van der Waals surface area contributed by atoms with Crippen molar-refractivity contribution in [1.29, 1.82) is 0 Å². The van der Waals surface area contributed by atoms with Crippen molar-refractivity contribution < 1.29 is 9.59 Å². The van der Waals surface area contributed by atoms with Crippen molar-refractivity contribution >= 4 is 11.8 Å². The van der Waals surface area contributed by atoms with Crippen LogP contribution in [-0.4, -0.2) is 40.1 Å². The first-order valence-electron chi connectivity index (χ1n) is 7.67. The zero-order chi connectivity index (χ0) is 16.4. The molecule has 0 aliphatic carbocycles. The van der Waals surface area contributed by atoms with Crippen LogP contribution in [0, 0.1) is 6.92 Å². The van der Waals surface area contributed by atoms with Crippen LogP contribution in [0.15, 0.2) is 36.5 Å². The first-order valence-corrected chi connectivity index (χ1v) is 7.67. The van der Waals surface area contributed by atoms with Gasteiger partial charge in [-0.2, -0.15) is 5.10 Å². The summed E-state index contributed by atoms with van der Waals surface area (Å²) in [5, 5.41) is 6.94. The molecule has 1 aliphatic heterocycles. The summed E-state index contributed by atoms with van der Waals surface area (Å²) in [6.07, 6.45) is 2.02. The number of hydrogen-bond acceptors (Lipinski definition) is 3. The predicted octanol–water partition coefficient (Wildman–Crippen LogP) is 1.52. The van der Waals surface area contributed by atoms with Crippen LogP contribution in [0.3, 0.4) is 0 Å². The van der Waals surface area contributed by atoms with E-state index in [1.807, 2.05) is 41.9 Å². The highest BCUT2D eigenvalue weighted by Crippen LogP contribution is 2.24. The zero-order valence-electron chi connectivity index (χ0n) is 13.3. The summed E-state index contributed by atoms with van der Waals surface area (Å²) >= 11 is 0. The third-order valence-corrected chi connectivity index (χ3v) is 4.13.